The maximum absolute atomic E-state index is 13.8. The Morgan fingerprint density at radius 1 is 1.27 bits per heavy atom. The van der Waals surface area contributed by atoms with Gasteiger partial charge in [-0.3, -0.25) is 9.59 Å². The first-order chi connectivity index (χ1) is 15.8. The van der Waals surface area contributed by atoms with Crippen LogP contribution in [-0.2, 0) is 29.0 Å². The molecule has 2 amide bonds. The normalized spacial score (nSPS) is 20.3. The van der Waals surface area contributed by atoms with Crippen molar-refractivity contribution in [1.29, 1.82) is 0 Å². The SMILES string of the molecule is CCc1nccn1CC(=O)N1CCC2(CC1)CC(Cc1cccc(F)c1)N(CC(C)C)C2=O. The summed E-state index contributed by atoms with van der Waals surface area (Å²) < 4.78 is 15.7. The largest absolute Gasteiger partial charge is 0.341 e. The zero-order valence-corrected chi connectivity index (χ0v) is 20.0. The molecule has 0 N–H and O–H groups in total. The van der Waals surface area contributed by atoms with Crippen LogP contribution in [0.4, 0.5) is 4.39 Å². The number of imidazole rings is 1. The van der Waals surface area contributed by atoms with E-state index in [0.29, 0.717) is 51.4 Å². The van der Waals surface area contributed by atoms with Crippen LogP contribution in [0, 0.1) is 17.2 Å². The standard InChI is InChI=1S/C26H35FN4O2/c1-4-23-28-10-13-30(23)18-24(32)29-11-8-26(9-12-29)16-22(31(25(26)33)17-19(2)3)15-20-6-5-7-21(27)14-20/h5-7,10,13-14,19,22H,4,8-9,11-12,15-18H2,1-3H3. The van der Waals surface area contributed by atoms with Gasteiger partial charge in [0.25, 0.3) is 0 Å². The highest BCUT2D eigenvalue weighted by molar-refractivity contribution is 5.86. The summed E-state index contributed by atoms with van der Waals surface area (Å²) in [6, 6.07) is 6.77. The minimum Gasteiger partial charge on any atom is -0.341 e. The Kier molecular flexibility index (Phi) is 6.86. The van der Waals surface area contributed by atoms with E-state index < -0.39 is 5.41 Å². The van der Waals surface area contributed by atoms with Crippen molar-refractivity contribution in [1.82, 2.24) is 19.4 Å². The van der Waals surface area contributed by atoms with Crippen LogP contribution in [-0.4, -0.2) is 56.8 Å². The molecule has 33 heavy (non-hydrogen) atoms. The van der Waals surface area contributed by atoms with Gasteiger partial charge >= 0.3 is 0 Å². The Morgan fingerprint density at radius 3 is 2.70 bits per heavy atom. The number of hydrogen-bond acceptors (Lipinski definition) is 3. The number of aromatic nitrogens is 2. The molecular formula is C26H35FN4O2. The number of halogens is 1. The van der Waals surface area contributed by atoms with Gasteiger partial charge in [-0.25, -0.2) is 9.37 Å². The molecule has 0 bridgehead atoms. The van der Waals surface area contributed by atoms with Crippen molar-refractivity contribution in [3.8, 4) is 0 Å². The molecule has 2 fully saturated rings. The second-order valence-corrected chi connectivity index (χ2v) is 10.0. The maximum atomic E-state index is 13.8. The number of hydrogen-bond donors (Lipinski definition) is 0. The Bertz CT molecular complexity index is 994. The molecule has 2 aromatic rings. The number of nitrogens with zero attached hydrogens (tertiary/aromatic N) is 4. The first-order valence-corrected chi connectivity index (χ1v) is 12.1. The number of carbonyl (C=O) groups excluding carboxylic acids is 2. The fourth-order valence-electron chi connectivity index (χ4n) is 5.51. The van der Waals surface area contributed by atoms with E-state index >= 15 is 0 Å². The van der Waals surface area contributed by atoms with E-state index in [9.17, 15) is 14.0 Å². The molecule has 1 aromatic carbocycles. The van der Waals surface area contributed by atoms with Crippen LogP contribution in [0.5, 0.6) is 0 Å². The van der Waals surface area contributed by atoms with Gasteiger partial charge in [0, 0.05) is 44.5 Å². The zero-order valence-electron chi connectivity index (χ0n) is 20.0. The van der Waals surface area contributed by atoms with E-state index in [1.807, 2.05) is 33.6 Å². The third-order valence-electron chi connectivity index (χ3n) is 7.20. The number of amides is 2. The van der Waals surface area contributed by atoms with Crippen molar-refractivity contribution in [2.45, 2.75) is 65.5 Å². The fraction of sp³-hybridized carbons (Fsp3) is 0.577. The predicted molar refractivity (Wildman–Crippen MR) is 125 cm³/mol. The van der Waals surface area contributed by atoms with Gasteiger partial charge in [-0.2, -0.15) is 0 Å². The number of piperidine rings is 1. The van der Waals surface area contributed by atoms with Gasteiger partial charge in [-0.15, -0.1) is 0 Å². The van der Waals surface area contributed by atoms with Crippen LogP contribution >= 0.6 is 0 Å². The van der Waals surface area contributed by atoms with Crippen LogP contribution in [0.2, 0.25) is 0 Å². The zero-order chi connectivity index (χ0) is 23.6. The van der Waals surface area contributed by atoms with Gasteiger partial charge < -0.3 is 14.4 Å². The molecule has 1 aromatic heterocycles. The van der Waals surface area contributed by atoms with E-state index in [0.717, 1.165) is 24.2 Å². The lowest BCUT2D eigenvalue weighted by atomic mass is 9.75. The van der Waals surface area contributed by atoms with E-state index in [1.54, 1.807) is 18.3 Å². The van der Waals surface area contributed by atoms with Gasteiger partial charge in [0.2, 0.25) is 11.8 Å². The summed E-state index contributed by atoms with van der Waals surface area (Å²) in [6.45, 7) is 8.49. The van der Waals surface area contributed by atoms with Crippen molar-refractivity contribution in [3.05, 3.63) is 53.9 Å². The molecule has 1 unspecified atom stereocenters. The minimum absolute atomic E-state index is 0.0713. The number of likely N-dealkylation sites (tertiary alicyclic amines) is 2. The summed E-state index contributed by atoms with van der Waals surface area (Å²) in [5, 5.41) is 0. The first-order valence-electron chi connectivity index (χ1n) is 12.1. The number of rotatable bonds is 7. The van der Waals surface area contributed by atoms with Crippen molar-refractivity contribution in [2.75, 3.05) is 19.6 Å². The number of benzene rings is 1. The van der Waals surface area contributed by atoms with Crippen molar-refractivity contribution < 1.29 is 14.0 Å². The van der Waals surface area contributed by atoms with Crippen LogP contribution < -0.4 is 0 Å². The summed E-state index contributed by atoms with van der Waals surface area (Å²) >= 11 is 0. The van der Waals surface area contributed by atoms with Crippen LogP contribution in [0.25, 0.3) is 0 Å². The molecule has 0 aliphatic carbocycles. The summed E-state index contributed by atoms with van der Waals surface area (Å²) in [4.78, 5) is 34.8. The Morgan fingerprint density at radius 2 is 2.03 bits per heavy atom. The second kappa shape index (κ2) is 9.65. The lowest BCUT2D eigenvalue weighted by Gasteiger charge is -2.38. The maximum Gasteiger partial charge on any atom is 0.242 e. The van der Waals surface area contributed by atoms with Crippen LogP contribution in [0.15, 0.2) is 36.7 Å². The summed E-state index contributed by atoms with van der Waals surface area (Å²) in [6.07, 6.45) is 7.20. The molecule has 7 heteroatoms. The third kappa shape index (κ3) is 4.97. The van der Waals surface area contributed by atoms with Gasteiger partial charge in [-0.05, 0) is 49.3 Å². The number of aryl methyl sites for hydroxylation is 1. The quantitative estimate of drug-likeness (QED) is 0.641. The summed E-state index contributed by atoms with van der Waals surface area (Å²) in [5.74, 6) is 1.33. The molecule has 1 spiro atoms. The minimum atomic E-state index is -0.409. The second-order valence-electron chi connectivity index (χ2n) is 10.0. The van der Waals surface area contributed by atoms with Crippen molar-refractivity contribution in [3.63, 3.8) is 0 Å². The molecule has 2 aliphatic rings. The highest BCUT2D eigenvalue weighted by Gasteiger charge is 2.52. The lowest BCUT2D eigenvalue weighted by Crippen LogP contribution is -2.47. The molecule has 0 radical (unpaired) electrons. The van der Waals surface area contributed by atoms with E-state index in [-0.39, 0.29) is 23.7 Å². The Labute approximate surface area is 195 Å². The molecule has 1 atom stereocenters. The first kappa shape index (κ1) is 23.5. The highest BCUT2D eigenvalue weighted by atomic mass is 19.1. The van der Waals surface area contributed by atoms with Gasteiger partial charge in [-0.1, -0.05) is 32.9 Å². The fourth-order valence-corrected chi connectivity index (χ4v) is 5.51. The van der Waals surface area contributed by atoms with Crippen LogP contribution in [0.3, 0.4) is 0 Å². The lowest BCUT2D eigenvalue weighted by molar-refractivity contribution is -0.143. The van der Waals surface area contributed by atoms with E-state index in [1.165, 1.54) is 6.07 Å². The van der Waals surface area contributed by atoms with Crippen LogP contribution in [0.1, 0.15) is 51.4 Å². The third-order valence-corrected chi connectivity index (χ3v) is 7.20. The average Bonchev–Trinajstić information content (AvgIpc) is 3.32. The molecule has 178 valence electrons. The van der Waals surface area contributed by atoms with Gasteiger partial charge in [0.15, 0.2) is 0 Å². The van der Waals surface area contributed by atoms with Gasteiger partial charge in [0.1, 0.15) is 18.2 Å². The highest BCUT2D eigenvalue weighted by Crippen LogP contribution is 2.45. The molecule has 0 saturated carbocycles. The summed E-state index contributed by atoms with van der Waals surface area (Å²) in [5.41, 5.74) is 0.519. The van der Waals surface area contributed by atoms with Crippen molar-refractivity contribution >= 4 is 11.8 Å². The molecule has 3 heterocycles. The molecule has 2 saturated heterocycles. The Hall–Kier alpha value is -2.70. The smallest absolute Gasteiger partial charge is 0.242 e. The molecule has 6 nitrogen and oxygen atoms in total. The molecule has 2 aliphatic heterocycles. The van der Waals surface area contributed by atoms with E-state index in [4.69, 9.17) is 0 Å². The average molecular weight is 455 g/mol. The predicted octanol–water partition coefficient (Wildman–Crippen LogP) is 3.69. The Balaban J connectivity index is 1.44. The monoisotopic (exact) mass is 454 g/mol. The van der Waals surface area contributed by atoms with Gasteiger partial charge in [0.05, 0.1) is 5.41 Å². The van der Waals surface area contributed by atoms with Crippen molar-refractivity contribution in [2.24, 2.45) is 11.3 Å². The molecular weight excluding hydrogens is 419 g/mol. The summed E-state index contributed by atoms with van der Waals surface area (Å²) in [7, 11) is 0. The van der Waals surface area contributed by atoms with E-state index in [2.05, 4.69) is 18.8 Å². The number of carbonyl (C=O) groups is 2. The topological polar surface area (TPSA) is 58.4 Å². The molecule has 4 rings (SSSR count).